The van der Waals surface area contributed by atoms with Crippen molar-refractivity contribution < 1.29 is 9.90 Å². The second-order valence-electron chi connectivity index (χ2n) is 6.99. The van der Waals surface area contributed by atoms with E-state index < -0.39 is 0 Å². The van der Waals surface area contributed by atoms with Gasteiger partial charge in [-0.1, -0.05) is 41.4 Å². The molecule has 0 saturated heterocycles. The molecule has 1 saturated carbocycles. The Morgan fingerprint density at radius 3 is 2.52 bits per heavy atom. The number of carbonyl (C=O) groups is 1. The van der Waals surface area contributed by atoms with Gasteiger partial charge in [-0.3, -0.25) is 4.79 Å². The van der Waals surface area contributed by atoms with E-state index in [1.807, 2.05) is 31.2 Å². The van der Waals surface area contributed by atoms with Crippen LogP contribution < -0.4 is 0 Å². The van der Waals surface area contributed by atoms with Crippen LogP contribution in [0.15, 0.2) is 42.2 Å². The van der Waals surface area contributed by atoms with Crippen LogP contribution >= 0.6 is 23.2 Å². The van der Waals surface area contributed by atoms with Crippen molar-refractivity contribution in [2.75, 3.05) is 0 Å². The fourth-order valence-corrected chi connectivity index (χ4v) is 4.57. The van der Waals surface area contributed by atoms with Gasteiger partial charge in [0, 0.05) is 27.4 Å². The quantitative estimate of drug-likeness (QED) is 0.677. The number of fused-ring (bicyclic) bond motifs is 2. The minimum absolute atomic E-state index is 0.0538. The molecule has 2 unspecified atom stereocenters. The van der Waals surface area contributed by atoms with Crippen LogP contribution in [0.5, 0.6) is 0 Å². The van der Waals surface area contributed by atoms with Gasteiger partial charge in [-0.2, -0.15) is 0 Å². The third-order valence-electron chi connectivity index (χ3n) is 5.44. The van der Waals surface area contributed by atoms with Crippen LogP contribution in [0, 0.1) is 18.8 Å². The van der Waals surface area contributed by atoms with Crippen molar-refractivity contribution in [3.8, 4) is 11.1 Å². The van der Waals surface area contributed by atoms with Crippen molar-refractivity contribution in [1.82, 2.24) is 0 Å². The zero-order chi connectivity index (χ0) is 17.7. The minimum atomic E-state index is 0.0538. The van der Waals surface area contributed by atoms with E-state index in [1.165, 1.54) is 0 Å². The fraction of sp³-hybridized carbons (Fsp3) is 0.286. The highest BCUT2D eigenvalue weighted by Crippen LogP contribution is 2.46. The maximum Gasteiger partial charge on any atom is 0.169 e. The predicted molar refractivity (Wildman–Crippen MR) is 102 cm³/mol. The molecule has 0 amide bonds. The lowest BCUT2D eigenvalue weighted by atomic mass is 9.81. The summed E-state index contributed by atoms with van der Waals surface area (Å²) in [6.45, 7) is 1.96. The van der Waals surface area contributed by atoms with Crippen molar-refractivity contribution in [1.29, 1.82) is 0 Å². The van der Waals surface area contributed by atoms with E-state index in [9.17, 15) is 9.90 Å². The van der Waals surface area contributed by atoms with Gasteiger partial charge in [-0.25, -0.2) is 0 Å². The second-order valence-corrected chi connectivity index (χ2v) is 7.83. The zero-order valence-corrected chi connectivity index (χ0v) is 15.4. The molecule has 4 rings (SSSR count). The third-order valence-corrected chi connectivity index (χ3v) is 5.99. The topological polar surface area (TPSA) is 37.3 Å². The molecule has 2 aromatic rings. The molecule has 2 atom stereocenters. The van der Waals surface area contributed by atoms with Gasteiger partial charge in [-0.15, -0.1) is 0 Å². The lowest BCUT2D eigenvalue weighted by molar-refractivity contribution is -0.117. The number of carbonyl (C=O) groups excluding carboxylic acids is 1. The highest BCUT2D eigenvalue weighted by molar-refractivity contribution is 6.36. The number of hydrogen-bond donors (Lipinski definition) is 1. The van der Waals surface area contributed by atoms with E-state index in [0.29, 0.717) is 15.6 Å². The van der Waals surface area contributed by atoms with Crippen LogP contribution in [0.1, 0.15) is 30.4 Å². The average molecular weight is 373 g/mol. The van der Waals surface area contributed by atoms with Gasteiger partial charge in [0.05, 0.1) is 5.57 Å². The normalized spacial score (nSPS) is 22.6. The Hall–Kier alpha value is -1.77. The molecule has 0 radical (unpaired) electrons. The van der Waals surface area contributed by atoms with E-state index in [-0.39, 0.29) is 23.4 Å². The lowest BCUT2D eigenvalue weighted by Gasteiger charge is -2.23. The molecule has 1 N–H and O–H groups in total. The molecule has 128 valence electrons. The van der Waals surface area contributed by atoms with Crippen LogP contribution in [0.3, 0.4) is 0 Å². The van der Waals surface area contributed by atoms with Gasteiger partial charge in [0.25, 0.3) is 0 Å². The Bertz CT molecular complexity index is 914. The molecule has 2 aliphatic rings. The number of Topliss-reactive ketones (excluding diaryl/α,β-unsaturated/α-hetero) is 1. The van der Waals surface area contributed by atoms with Gasteiger partial charge >= 0.3 is 0 Å². The Kier molecular flexibility index (Phi) is 4.13. The molecule has 0 aliphatic heterocycles. The molecular weight excluding hydrogens is 355 g/mol. The lowest BCUT2D eigenvalue weighted by Crippen LogP contribution is -2.21. The maximum atomic E-state index is 12.8. The fourth-order valence-electron chi connectivity index (χ4n) is 4.06. The van der Waals surface area contributed by atoms with Crippen LogP contribution in [0.2, 0.25) is 10.0 Å². The molecule has 4 heteroatoms. The smallest absolute Gasteiger partial charge is 0.169 e. The molecule has 2 aromatic carbocycles. The summed E-state index contributed by atoms with van der Waals surface area (Å²) >= 11 is 12.3. The van der Waals surface area contributed by atoms with Gasteiger partial charge in [0.1, 0.15) is 5.76 Å². The number of hydrogen-bond acceptors (Lipinski definition) is 2. The molecule has 25 heavy (non-hydrogen) atoms. The van der Waals surface area contributed by atoms with Crippen molar-refractivity contribution in [2.24, 2.45) is 11.8 Å². The zero-order valence-electron chi connectivity index (χ0n) is 13.9. The number of aliphatic hydroxyl groups excluding tert-OH is 1. The second kappa shape index (κ2) is 6.19. The van der Waals surface area contributed by atoms with Gasteiger partial charge in [0.15, 0.2) is 5.78 Å². The molecular formula is C21H18Cl2O2. The molecule has 0 aromatic heterocycles. The van der Waals surface area contributed by atoms with E-state index in [4.69, 9.17) is 23.2 Å². The first-order chi connectivity index (χ1) is 12.0. The molecule has 2 aliphatic carbocycles. The monoisotopic (exact) mass is 372 g/mol. The largest absolute Gasteiger partial charge is 0.511 e. The summed E-state index contributed by atoms with van der Waals surface area (Å²) in [7, 11) is 0. The first kappa shape index (κ1) is 16.7. The Morgan fingerprint density at radius 2 is 1.76 bits per heavy atom. The van der Waals surface area contributed by atoms with Crippen LogP contribution in [0.4, 0.5) is 0 Å². The van der Waals surface area contributed by atoms with Crippen molar-refractivity contribution in [2.45, 2.75) is 26.2 Å². The summed E-state index contributed by atoms with van der Waals surface area (Å²) in [5, 5.41) is 11.8. The van der Waals surface area contributed by atoms with Crippen LogP contribution in [-0.4, -0.2) is 10.9 Å². The molecule has 1 fully saturated rings. The summed E-state index contributed by atoms with van der Waals surface area (Å²) in [4.78, 5) is 12.8. The number of ketones is 1. The first-order valence-electron chi connectivity index (χ1n) is 8.49. The molecule has 0 heterocycles. The number of benzene rings is 2. The Balaban J connectivity index is 1.86. The number of allylic oxidation sites excluding steroid dienone is 2. The average Bonchev–Trinajstić information content (AvgIpc) is 3.02. The predicted octanol–water partition coefficient (Wildman–Crippen LogP) is 6.24. The Labute approximate surface area is 157 Å². The van der Waals surface area contributed by atoms with Crippen molar-refractivity contribution in [3.63, 3.8) is 0 Å². The van der Waals surface area contributed by atoms with Gasteiger partial charge < -0.3 is 5.11 Å². The minimum Gasteiger partial charge on any atom is -0.511 e. The highest BCUT2D eigenvalue weighted by atomic mass is 35.5. The summed E-state index contributed by atoms with van der Waals surface area (Å²) in [6, 6.07) is 11.3. The first-order valence-corrected chi connectivity index (χ1v) is 9.25. The number of rotatable bonds is 2. The van der Waals surface area contributed by atoms with Crippen LogP contribution in [0.25, 0.3) is 16.7 Å². The summed E-state index contributed by atoms with van der Waals surface area (Å²) in [5.74, 6) is 0.521. The maximum absolute atomic E-state index is 12.8. The number of halogens is 2. The van der Waals surface area contributed by atoms with Crippen molar-refractivity contribution in [3.05, 3.63) is 63.3 Å². The molecule has 2 nitrogen and oxygen atoms in total. The summed E-state index contributed by atoms with van der Waals surface area (Å²) in [6.07, 6.45) is 2.56. The van der Waals surface area contributed by atoms with Crippen LogP contribution in [-0.2, 0) is 4.79 Å². The SMILES string of the molecule is Cc1ccc(-c2ccc(Cl)cc2Cl)cc1C1=C(O)C2CCC(C2)C1=O. The standard InChI is InChI=1S/C21H18Cl2O2/c1-11-2-3-12(16-7-6-15(22)10-18(16)23)9-17(11)19-20(24)13-4-5-14(8-13)21(19)25/h2-3,6-7,9-10,13-14,24H,4-5,8H2,1H3. The van der Waals surface area contributed by atoms with Gasteiger partial charge in [0.2, 0.25) is 0 Å². The van der Waals surface area contributed by atoms with E-state index >= 15 is 0 Å². The third kappa shape index (κ3) is 2.78. The molecule has 0 spiro atoms. The number of aliphatic hydroxyl groups is 1. The van der Waals surface area contributed by atoms with E-state index in [0.717, 1.165) is 41.5 Å². The van der Waals surface area contributed by atoms with Gasteiger partial charge in [-0.05, 0) is 61.1 Å². The van der Waals surface area contributed by atoms with Crippen molar-refractivity contribution >= 4 is 34.6 Å². The summed E-state index contributed by atoms with van der Waals surface area (Å²) in [5.41, 5.74) is 4.06. The highest BCUT2D eigenvalue weighted by Gasteiger charge is 2.41. The molecule has 2 bridgehead atoms. The van der Waals surface area contributed by atoms with E-state index in [1.54, 1.807) is 12.1 Å². The summed E-state index contributed by atoms with van der Waals surface area (Å²) < 4.78 is 0. The van der Waals surface area contributed by atoms with E-state index in [2.05, 4.69) is 0 Å². The number of aryl methyl sites for hydroxylation is 1. The Morgan fingerprint density at radius 1 is 1.00 bits per heavy atom.